The van der Waals surface area contributed by atoms with Gasteiger partial charge in [0, 0.05) is 26.2 Å². The van der Waals surface area contributed by atoms with Crippen molar-refractivity contribution in [1.29, 1.82) is 0 Å². The van der Waals surface area contributed by atoms with Crippen LogP contribution in [0.4, 0.5) is 0 Å². The minimum atomic E-state index is 0.780. The number of hydrogen-bond donors (Lipinski definition) is 1. The Kier molecular flexibility index (Phi) is 3.03. The van der Waals surface area contributed by atoms with Gasteiger partial charge in [0.15, 0.2) is 0 Å². The molecular formula is C14H24N2. The first-order valence-electron chi connectivity index (χ1n) is 6.97. The van der Waals surface area contributed by atoms with Gasteiger partial charge in [-0.05, 0) is 37.6 Å². The summed E-state index contributed by atoms with van der Waals surface area (Å²) in [5, 5.41) is 3.38. The maximum absolute atomic E-state index is 3.38. The predicted molar refractivity (Wildman–Crippen MR) is 67.5 cm³/mol. The molecule has 0 radical (unpaired) electrons. The molecule has 0 atom stereocenters. The fourth-order valence-corrected chi connectivity index (χ4v) is 3.70. The van der Waals surface area contributed by atoms with E-state index in [1.54, 1.807) is 5.57 Å². The Balaban J connectivity index is 1.39. The average molecular weight is 220 g/mol. The standard InChI is InChI=1S/C14H24N2/c1-2-7-14(6-1)11-16(12-14)10-5-13-3-8-15-9-4-13/h3,15H,1-2,4-12H2. The summed E-state index contributed by atoms with van der Waals surface area (Å²) >= 11 is 0. The number of nitrogens with zero attached hydrogens (tertiary/aromatic N) is 1. The molecule has 1 aliphatic carbocycles. The van der Waals surface area contributed by atoms with Gasteiger partial charge >= 0.3 is 0 Å². The summed E-state index contributed by atoms with van der Waals surface area (Å²) in [4.78, 5) is 2.67. The summed E-state index contributed by atoms with van der Waals surface area (Å²) in [6, 6.07) is 0. The molecule has 0 aromatic heterocycles. The summed E-state index contributed by atoms with van der Waals surface area (Å²) in [5.74, 6) is 0. The molecule has 1 spiro atoms. The normalized spacial score (nSPS) is 29.1. The third-order valence-electron chi connectivity index (χ3n) is 4.69. The molecule has 2 heterocycles. The largest absolute Gasteiger partial charge is 0.313 e. The molecule has 1 saturated heterocycles. The average Bonchev–Trinajstić information content (AvgIpc) is 2.75. The molecule has 90 valence electrons. The molecular weight excluding hydrogens is 196 g/mol. The molecule has 16 heavy (non-hydrogen) atoms. The van der Waals surface area contributed by atoms with Crippen molar-refractivity contribution in [2.75, 3.05) is 32.7 Å². The Morgan fingerprint density at radius 3 is 2.75 bits per heavy atom. The van der Waals surface area contributed by atoms with Crippen LogP contribution in [0, 0.1) is 5.41 Å². The van der Waals surface area contributed by atoms with Crippen LogP contribution in [0.15, 0.2) is 11.6 Å². The minimum absolute atomic E-state index is 0.780. The molecule has 3 rings (SSSR count). The zero-order valence-electron chi connectivity index (χ0n) is 10.3. The summed E-state index contributed by atoms with van der Waals surface area (Å²) in [6.07, 6.45) is 11.0. The van der Waals surface area contributed by atoms with Crippen molar-refractivity contribution in [3.05, 3.63) is 11.6 Å². The van der Waals surface area contributed by atoms with Crippen molar-refractivity contribution >= 4 is 0 Å². The lowest BCUT2D eigenvalue weighted by atomic mass is 9.78. The fraction of sp³-hybridized carbons (Fsp3) is 0.857. The smallest absolute Gasteiger partial charge is 0.0137 e. The topological polar surface area (TPSA) is 15.3 Å². The highest BCUT2D eigenvalue weighted by atomic mass is 15.2. The van der Waals surface area contributed by atoms with Crippen molar-refractivity contribution in [1.82, 2.24) is 10.2 Å². The highest BCUT2D eigenvalue weighted by molar-refractivity contribution is 5.08. The Bertz CT molecular complexity index is 268. The van der Waals surface area contributed by atoms with E-state index in [2.05, 4.69) is 16.3 Å². The number of nitrogens with one attached hydrogen (secondary N) is 1. The lowest BCUT2D eigenvalue weighted by Crippen LogP contribution is -2.54. The Hall–Kier alpha value is -0.340. The Morgan fingerprint density at radius 1 is 1.25 bits per heavy atom. The lowest BCUT2D eigenvalue weighted by Gasteiger charge is -2.48. The summed E-state index contributed by atoms with van der Waals surface area (Å²) < 4.78 is 0. The third kappa shape index (κ3) is 2.18. The Morgan fingerprint density at radius 2 is 2.06 bits per heavy atom. The minimum Gasteiger partial charge on any atom is -0.313 e. The molecule has 1 saturated carbocycles. The van der Waals surface area contributed by atoms with Gasteiger partial charge in [-0.3, -0.25) is 0 Å². The molecule has 2 heteroatoms. The summed E-state index contributed by atoms with van der Waals surface area (Å²) in [5.41, 5.74) is 2.47. The van der Waals surface area contributed by atoms with E-state index in [9.17, 15) is 0 Å². The molecule has 1 N–H and O–H groups in total. The van der Waals surface area contributed by atoms with Gasteiger partial charge in [-0.25, -0.2) is 0 Å². The van der Waals surface area contributed by atoms with Crippen LogP contribution in [0.5, 0.6) is 0 Å². The fourth-order valence-electron chi connectivity index (χ4n) is 3.70. The molecule has 3 aliphatic rings. The highest BCUT2D eigenvalue weighted by Gasteiger charge is 2.43. The van der Waals surface area contributed by atoms with Gasteiger partial charge in [0.1, 0.15) is 0 Å². The van der Waals surface area contributed by atoms with Crippen LogP contribution in [0.25, 0.3) is 0 Å². The quantitative estimate of drug-likeness (QED) is 0.733. The van der Waals surface area contributed by atoms with Crippen LogP contribution < -0.4 is 5.32 Å². The van der Waals surface area contributed by atoms with E-state index in [0.29, 0.717) is 0 Å². The second-order valence-electron chi connectivity index (χ2n) is 5.98. The van der Waals surface area contributed by atoms with Gasteiger partial charge in [-0.1, -0.05) is 24.5 Å². The summed E-state index contributed by atoms with van der Waals surface area (Å²) in [7, 11) is 0. The molecule has 0 aromatic rings. The van der Waals surface area contributed by atoms with E-state index in [4.69, 9.17) is 0 Å². The highest BCUT2D eigenvalue weighted by Crippen LogP contribution is 2.45. The van der Waals surface area contributed by atoms with Crippen molar-refractivity contribution in [3.63, 3.8) is 0 Å². The van der Waals surface area contributed by atoms with Gasteiger partial charge < -0.3 is 10.2 Å². The first-order chi connectivity index (χ1) is 7.86. The summed E-state index contributed by atoms with van der Waals surface area (Å²) in [6.45, 7) is 6.40. The SMILES string of the molecule is C1=C(CCN2CC3(CCCC3)C2)CCNC1. The number of likely N-dealkylation sites (tertiary alicyclic amines) is 1. The molecule has 2 aliphatic heterocycles. The van der Waals surface area contributed by atoms with Crippen molar-refractivity contribution in [2.45, 2.75) is 38.5 Å². The van der Waals surface area contributed by atoms with E-state index in [-0.39, 0.29) is 0 Å². The van der Waals surface area contributed by atoms with Crippen molar-refractivity contribution in [2.24, 2.45) is 5.41 Å². The van der Waals surface area contributed by atoms with E-state index in [0.717, 1.165) is 12.0 Å². The van der Waals surface area contributed by atoms with Gasteiger partial charge in [0.25, 0.3) is 0 Å². The maximum Gasteiger partial charge on any atom is 0.0137 e. The van der Waals surface area contributed by atoms with Gasteiger partial charge in [0.05, 0.1) is 0 Å². The van der Waals surface area contributed by atoms with E-state index >= 15 is 0 Å². The van der Waals surface area contributed by atoms with Crippen LogP contribution in [-0.4, -0.2) is 37.6 Å². The molecule has 2 nitrogen and oxygen atoms in total. The van der Waals surface area contributed by atoms with Crippen LogP contribution in [0.2, 0.25) is 0 Å². The molecule has 0 aromatic carbocycles. The zero-order valence-corrected chi connectivity index (χ0v) is 10.3. The molecule has 0 unspecified atom stereocenters. The van der Waals surface area contributed by atoms with Gasteiger partial charge in [-0.2, -0.15) is 0 Å². The molecule has 0 amide bonds. The van der Waals surface area contributed by atoms with Crippen molar-refractivity contribution in [3.8, 4) is 0 Å². The molecule has 0 bridgehead atoms. The maximum atomic E-state index is 3.38. The van der Waals surface area contributed by atoms with Gasteiger partial charge in [0.2, 0.25) is 0 Å². The van der Waals surface area contributed by atoms with E-state index in [1.165, 1.54) is 64.7 Å². The first kappa shape index (κ1) is 10.8. The number of hydrogen-bond acceptors (Lipinski definition) is 2. The predicted octanol–water partition coefficient (Wildman–Crippen LogP) is 2.17. The Labute approximate surface area is 99.1 Å². The second kappa shape index (κ2) is 4.50. The van der Waals surface area contributed by atoms with E-state index in [1.807, 2.05) is 0 Å². The van der Waals surface area contributed by atoms with Crippen LogP contribution >= 0.6 is 0 Å². The monoisotopic (exact) mass is 220 g/mol. The van der Waals surface area contributed by atoms with E-state index < -0.39 is 0 Å². The van der Waals surface area contributed by atoms with Crippen molar-refractivity contribution < 1.29 is 0 Å². The zero-order chi connectivity index (χ0) is 10.8. The number of rotatable bonds is 3. The second-order valence-corrected chi connectivity index (χ2v) is 5.98. The van der Waals surface area contributed by atoms with Crippen LogP contribution in [-0.2, 0) is 0 Å². The van der Waals surface area contributed by atoms with Gasteiger partial charge in [-0.15, -0.1) is 0 Å². The molecule has 2 fully saturated rings. The first-order valence-corrected chi connectivity index (χ1v) is 6.97. The lowest BCUT2D eigenvalue weighted by molar-refractivity contribution is 0.00716. The van der Waals surface area contributed by atoms with Crippen LogP contribution in [0.3, 0.4) is 0 Å². The van der Waals surface area contributed by atoms with Crippen LogP contribution in [0.1, 0.15) is 38.5 Å². The third-order valence-corrected chi connectivity index (χ3v) is 4.69.